The highest BCUT2D eigenvalue weighted by Gasteiger charge is 2.28. The van der Waals surface area contributed by atoms with E-state index >= 15 is 0 Å². The number of rotatable bonds is 4. The number of benzene rings is 1. The van der Waals surface area contributed by atoms with Crippen molar-refractivity contribution in [3.05, 3.63) is 65.9 Å². The molecule has 138 valence electrons. The van der Waals surface area contributed by atoms with Crippen LogP contribution in [0.25, 0.3) is 11.1 Å². The van der Waals surface area contributed by atoms with E-state index in [0.717, 1.165) is 36.2 Å². The van der Waals surface area contributed by atoms with Crippen LogP contribution in [0.3, 0.4) is 0 Å². The van der Waals surface area contributed by atoms with Crippen LogP contribution < -0.4 is 4.90 Å². The Morgan fingerprint density at radius 3 is 2.85 bits per heavy atom. The molecule has 0 radical (unpaired) electrons. The Morgan fingerprint density at radius 2 is 2.07 bits per heavy atom. The molecule has 1 atom stereocenters. The number of piperidine rings is 1. The number of pyridine rings is 1. The molecular formula is C20H19FN4O2. The van der Waals surface area contributed by atoms with Crippen molar-refractivity contribution < 1.29 is 14.3 Å². The molecule has 2 aromatic heterocycles. The summed E-state index contributed by atoms with van der Waals surface area (Å²) >= 11 is 0. The second kappa shape index (κ2) is 7.19. The number of anilines is 1. The molecule has 3 heterocycles. The molecule has 7 heteroatoms. The molecule has 1 aromatic carbocycles. The lowest BCUT2D eigenvalue weighted by Crippen LogP contribution is -2.36. The highest BCUT2D eigenvalue weighted by atomic mass is 19.1. The van der Waals surface area contributed by atoms with Crippen LogP contribution in [-0.2, 0) is 0 Å². The summed E-state index contributed by atoms with van der Waals surface area (Å²) in [5.41, 5.74) is 3.04. The standard InChI is InChI=1S/C20H19FN4O2/c21-15-7-5-13(6-8-15)17-11-23-24-18(17)14-3-2-10-25(12-14)19-16(20(26)27)4-1-9-22-19/h1,4-9,11,14H,2-3,10,12H2,(H,23,24)(H,26,27)/t14-/m0/s1. The summed E-state index contributed by atoms with van der Waals surface area (Å²) in [5.74, 6) is -0.597. The minimum absolute atomic E-state index is 0.157. The van der Waals surface area contributed by atoms with E-state index in [9.17, 15) is 14.3 Å². The second-order valence-electron chi connectivity index (χ2n) is 6.67. The zero-order valence-corrected chi connectivity index (χ0v) is 14.6. The Kier molecular flexibility index (Phi) is 4.58. The summed E-state index contributed by atoms with van der Waals surface area (Å²) < 4.78 is 13.2. The third kappa shape index (κ3) is 3.40. The number of H-pyrrole nitrogens is 1. The zero-order chi connectivity index (χ0) is 18.8. The molecule has 0 saturated carbocycles. The minimum atomic E-state index is -0.978. The quantitative estimate of drug-likeness (QED) is 0.736. The predicted molar refractivity (Wildman–Crippen MR) is 99.4 cm³/mol. The van der Waals surface area contributed by atoms with E-state index in [1.54, 1.807) is 36.7 Å². The Hall–Kier alpha value is -3.22. The molecule has 2 N–H and O–H groups in total. The van der Waals surface area contributed by atoms with Crippen LogP contribution in [-0.4, -0.2) is 39.3 Å². The number of nitrogens with one attached hydrogen (secondary N) is 1. The molecule has 4 rings (SSSR count). The molecule has 0 bridgehead atoms. The van der Waals surface area contributed by atoms with E-state index in [1.165, 1.54) is 12.1 Å². The maximum absolute atomic E-state index is 13.2. The molecule has 1 saturated heterocycles. The summed E-state index contributed by atoms with van der Waals surface area (Å²) in [7, 11) is 0. The number of aromatic amines is 1. The highest BCUT2D eigenvalue weighted by molar-refractivity contribution is 5.93. The lowest BCUT2D eigenvalue weighted by Gasteiger charge is -2.34. The van der Waals surface area contributed by atoms with Crippen LogP contribution in [0.15, 0.2) is 48.8 Å². The van der Waals surface area contributed by atoms with Gasteiger partial charge in [-0.3, -0.25) is 5.10 Å². The number of nitrogens with zero attached hydrogens (tertiary/aromatic N) is 3. The van der Waals surface area contributed by atoms with E-state index in [1.807, 2.05) is 4.90 Å². The van der Waals surface area contributed by atoms with Crippen molar-refractivity contribution in [1.29, 1.82) is 0 Å². The van der Waals surface area contributed by atoms with E-state index in [4.69, 9.17) is 0 Å². The van der Waals surface area contributed by atoms with Gasteiger partial charge in [0.2, 0.25) is 0 Å². The van der Waals surface area contributed by atoms with Gasteiger partial charge in [-0.15, -0.1) is 0 Å². The first-order chi connectivity index (χ1) is 13.1. The number of carboxylic acid groups (broad SMARTS) is 1. The number of carboxylic acids is 1. The van der Waals surface area contributed by atoms with Gasteiger partial charge in [0.25, 0.3) is 0 Å². The van der Waals surface area contributed by atoms with Crippen LogP contribution in [0, 0.1) is 5.82 Å². The number of halogens is 1. The van der Waals surface area contributed by atoms with Crippen molar-refractivity contribution in [2.45, 2.75) is 18.8 Å². The topological polar surface area (TPSA) is 82.1 Å². The average molecular weight is 366 g/mol. The van der Waals surface area contributed by atoms with Gasteiger partial charge >= 0.3 is 5.97 Å². The summed E-state index contributed by atoms with van der Waals surface area (Å²) in [6.07, 6.45) is 5.25. The fourth-order valence-electron chi connectivity index (χ4n) is 3.69. The molecule has 1 aliphatic heterocycles. The summed E-state index contributed by atoms with van der Waals surface area (Å²) in [6, 6.07) is 9.57. The minimum Gasteiger partial charge on any atom is -0.478 e. The molecule has 0 aliphatic carbocycles. The van der Waals surface area contributed by atoms with Gasteiger partial charge < -0.3 is 10.0 Å². The Bertz CT molecular complexity index is 955. The van der Waals surface area contributed by atoms with Gasteiger partial charge in [-0.05, 0) is 42.7 Å². The van der Waals surface area contributed by atoms with Gasteiger partial charge in [0.05, 0.1) is 6.20 Å². The van der Waals surface area contributed by atoms with E-state index in [-0.39, 0.29) is 17.3 Å². The van der Waals surface area contributed by atoms with Crippen molar-refractivity contribution in [1.82, 2.24) is 15.2 Å². The molecule has 0 spiro atoms. The first kappa shape index (κ1) is 17.2. The lowest BCUT2D eigenvalue weighted by atomic mass is 9.90. The third-order valence-corrected chi connectivity index (χ3v) is 4.97. The molecule has 3 aromatic rings. The van der Waals surface area contributed by atoms with Gasteiger partial charge in [-0.2, -0.15) is 5.10 Å². The largest absolute Gasteiger partial charge is 0.478 e. The zero-order valence-electron chi connectivity index (χ0n) is 14.6. The van der Waals surface area contributed by atoms with Crippen molar-refractivity contribution in [2.75, 3.05) is 18.0 Å². The van der Waals surface area contributed by atoms with Gasteiger partial charge in [0.15, 0.2) is 0 Å². The fraction of sp³-hybridized carbons (Fsp3) is 0.250. The van der Waals surface area contributed by atoms with Crippen molar-refractivity contribution in [3.8, 4) is 11.1 Å². The molecule has 1 aliphatic rings. The van der Waals surface area contributed by atoms with Crippen LogP contribution in [0.4, 0.5) is 10.2 Å². The molecule has 0 amide bonds. The SMILES string of the molecule is O=C(O)c1cccnc1N1CCC[C@H](c2[nH]ncc2-c2ccc(F)cc2)C1. The van der Waals surface area contributed by atoms with E-state index < -0.39 is 5.97 Å². The fourth-order valence-corrected chi connectivity index (χ4v) is 3.69. The van der Waals surface area contributed by atoms with Crippen LogP contribution >= 0.6 is 0 Å². The Balaban J connectivity index is 1.63. The first-order valence-corrected chi connectivity index (χ1v) is 8.86. The predicted octanol–water partition coefficient (Wildman–Crippen LogP) is 3.69. The number of aromatic nitrogens is 3. The normalized spacial score (nSPS) is 17.1. The van der Waals surface area contributed by atoms with Gasteiger partial charge in [0.1, 0.15) is 17.2 Å². The number of carbonyl (C=O) groups is 1. The monoisotopic (exact) mass is 366 g/mol. The molecule has 1 fully saturated rings. The Labute approximate surface area is 155 Å². The maximum Gasteiger partial charge on any atom is 0.339 e. The molecule has 27 heavy (non-hydrogen) atoms. The number of aromatic carboxylic acids is 1. The van der Waals surface area contributed by atoms with E-state index in [2.05, 4.69) is 15.2 Å². The highest BCUT2D eigenvalue weighted by Crippen LogP contribution is 2.34. The molecule has 6 nitrogen and oxygen atoms in total. The van der Waals surface area contributed by atoms with Crippen molar-refractivity contribution in [2.24, 2.45) is 0 Å². The summed E-state index contributed by atoms with van der Waals surface area (Å²) in [5, 5.41) is 16.7. The summed E-state index contributed by atoms with van der Waals surface area (Å²) in [6.45, 7) is 1.40. The second-order valence-corrected chi connectivity index (χ2v) is 6.67. The van der Waals surface area contributed by atoms with Crippen LogP contribution in [0.5, 0.6) is 0 Å². The number of hydrogen-bond acceptors (Lipinski definition) is 4. The van der Waals surface area contributed by atoms with Gasteiger partial charge in [0, 0.05) is 36.5 Å². The molecule has 0 unspecified atom stereocenters. The van der Waals surface area contributed by atoms with Gasteiger partial charge in [-0.1, -0.05) is 12.1 Å². The van der Waals surface area contributed by atoms with Crippen LogP contribution in [0.2, 0.25) is 0 Å². The van der Waals surface area contributed by atoms with Crippen molar-refractivity contribution in [3.63, 3.8) is 0 Å². The van der Waals surface area contributed by atoms with Crippen LogP contribution in [0.1, 0.15) is 34.8 Å². The number of hydrogen-bond donors (Lipinski definition) is 2. The Morgan fingerprint density at radius 1 is 1.26 bits per heavy atom. The first-order valence-electron chi connectivity index (χ1n) is 8.86. The van der Waals surface area contributed by atoms with Crippen molar-refractivity contribution >= 4 is 11.8 Å². The smallest absolute Gasteiger partial charge is 0.339 e. The summed E-state index contributed by atoms with van der Waals surface area (Å²) in [4.78, 5) is 17.9. The average Bonchev–Trinajstić information content (AvgIpc) is 3.18. The maximum atomic E-state index is 13.2. The third-order valence-electron chi connectivity index (χ3n) is 4.97. The van der Waals surface area contributed by atoms with Gasteiger partial charge in [-0.25, -0.2) is 14.2 Å². The molecular weight excluding hydrogens is 347 g/mol. The van der Waals surface area contributed by atoms with E-state index in [0.29, 0.717) is 12.4 Å². The lowest BCUT2D eigenvalue weighted by molar-refractivity contribution is 0.0697.